The highest BCUT2D eigenvalue weighted by Crippen LogP contribution is 2.33. The van der Waals surface area contributed by atoms with E-state index in [1.54, 1.807) is 43.5 Å². The van der Waals surface area contributed by atoms with Crippen molar-refractivity contribution in [3.63, 3.8) is 0 Å². The summed E-state index contributed by atoms with van der Waals surface area (Å²) in [6, 6.07) is 10.6. The standard InChI is InChI=1S/C22H25N3O6/c1-5-29-17-10-8-15(11-19(17)30-6-2)21-24-25-22(31-21)23-20(26)12-14-7-9-16(27-3)13-18(14)28-4/h7-11,13H,5-6,12H2,1-4H3,(H,23,25,26). The predicted octanol–water partition coefficient (Wildman–Crippen LogP) is 3.73. The SMILES string of the molecule is CCOc1ccc(-c2nnc(NC(=O)Cc3ccc(OC)cc3OC)o2)cc1OCC. The first-order valence-electron chi connectivity index (χ1n) is 9.82. The molecule has 1 N–H and O–H groups in total. The summed E-state index contributed by atoms with van der Waals surface area (Å²) in [5.74, 6) is 2.34. The fraction of sp³-hybridized carbons (Fsp3) is 0.318. The lowest BCUT2D eigenvalue weighted by Crippen LogP contribution is -2.15. The van der Waals surface area contributed by atoms with Crippen molar-refractivity contribution in [3.05, 3.63) is 42.0 Å². The highest BCUT2D eigenvalue weighted by Gasteiger charge is 2.16. The Morgan fingerprint density at radius 3 is 2.42 bits per heavy atom. The second-order valence-electron chi connectivity index (χ2n) is 6.34. The molecule has 0 atom stereocenters. The topological polar surface area (TPSA) is 105 Å². The molecule has 1 amide bonds. The number of nitrogens with one attached hydrogen (secondary N) is 1. The van der Waals surface area contributed by atoms with E-state index in [1.807, 2.05) is 13.8 Å². The quantitative estimate of drug-likeness (QED) is 0.522. The summed E-state index contributed by atoms with van der Waals surface area (Å²) in [6.07, 6.45) is 0.0718. The van der Waals surface area contributed by atoms with Gasteiger partial charge in [-0.05, 0) is 38.1 Å². The number of rotatable bonds is 10. The van der Waals surface area contributed by atoms with E-state index in [0.29, 0.717) is 47.3 Å². The maximum atomic E-state index is 12.4. The molecule has 9 heteroatoms. The van der Waals surface area contributed by atoms with E-state index in [9.17, 15) is 4.79 Å². The Hall–Kier alpha value is -3.75. The Kier molecular flexibility index (Phi) is 7.31. The molecule has 0 spiro atoms. The molecule has 1 aromatic heterocycles. The van der Waals surface area contributed by atoms with Crippen molar-refractivity contribution < 1.29 is 28.2 Å². The van der Waals surface area contributed by atoms with Crippen LogP contribution >= 0.6 is 0 Å². The zero-order chi connectivity index (χ0) is 22.2. The largest absolute Gasteiger partial charge is 0.497 e. The molecule has 0 saturated heterocycles. The molecular weight excluding hydrogens is 402 g/mol. The van der Waals surface area contributed by atoms with Gasteiger partial charge in [-0.1, -0.05) is 11.2 Å². The summed E-state index contributed by atoms with van der Waals surface area (Å²) in [5, 5.41) is 10.5. The van der Waals surface area contributed by atoms with Crippen molar-refractivity contribution in [1.29, 1.82) is 0 Å². The molecule has 0 aliphatic carbocycles. The van der Waals surface area contributed by atoms with Crippen molar-refractivity contribution in [2.75, 3.05) is 32.8 Å². The molecule has 1 heterocycles. The fourth-order valence-electron chi connectivity index (χ4n) is 2.91. The number of amides is 1. The molecule has 3 rings (SSSR count). The Morgan fingerprint density at radius 2 is 1.71 bits per heavy atom. The van der Waals surface area contributed by atoms with Gasteiger partial charge >= 0.3 is 6.01 Å². The van der Waals surface area contributed by atoms with Crippen LogP contribution < -0.4 is 24.3 Å². The maximum absolute atomic E-state index is 12.4. The highest BCUT2D eigenvalue weighted by molar-refractivity contribution is 5.90. The third-order valence-corrected chi connectivity index (χ3v) is 4.31. The molecule has 0 saturated carbocycles. The van der Waals surface area contributed by atoms with Crippen molar-refractivity contribution >= 4 is 11.9 Å². The second kappa shape index (κ2) is 10.3. The molecule has 0 aliphatic rings. The average Bonchev–Trinajstić information content (AvgIpc) is 3.23. The third-order valence-electron chi connectivity index (χ3n) is 4.31. The molecule has 0 unspecified atom stereocenters. The molecular formula is C22H25N3O6. The summed E-state index contributed by atoms with van der Waals surface area (Å²) in [4.78, 5) is 12.4. The van der Waals surface area contributed by atoms with Gasteiger partial charge in [-0.3, -0.25) is 10.1 Å². The molecule has 0 aliphatic heterocycles. The van der Waals surface area contributed by atoms with Crippen molar-refractivity contribution in [3.8, 4) is 34.5 Å². The summed E-state index contributed by atoms with van der Waals surface area (Å²) in [5.41, 5.74) is 1.35. The van der Waals surface area contributed by atoms with Crippen LogP contribution in [0.25, 0.3) is 11.5 Å². The van der Waals surface area contributed by atoms with Crippen LogP contribution in [0.2, 0.25) is 0 Å². The van der Waals surface area contributed by atoms with Gasteiger partial charge in [0, 0.05) is 17.2 Å². The molecule has 2 aromatic carbocycles. The first kappa shape index (κ1) is 21.9. The minimum absolute atomic E-state index is 0.000627. The number of carbonyl (C=O) groups excluding carboxylic acids is 1. The number of benzene rings is 2. The van der Waals surface area contributed by atoms with Crippen LogP contribution in [0.1, 0.15) is 19.4 Å². The van der Waals surface area contributed by atoms with E-state index in [0.717, 1.165) is 0 Å². The third kappa shape index (κ3) is 5.44. The van der Waals surface area contributed by atoms with Crippen LogP contribution in [0.3, 0.4) is 0 Å². The van der Waals surface area contributed by atoms with Crippen molar-refractivity contribution in [2.45, 2.75) is 20.3 Å². The van der Waals surface area contributed by atoms with Gasteiger partial charge in [-0.25, -0.2) is 0 Å². The monoisotopic (exact) mass is 427 g/mol. The Labute approximate surface area is 180 Å². The van der Waals surface area contributed by atoms with Gasteiger partial charge in [0.25, 0.3) is 0 Å². The van der Waals surface area contributed by atoms with Crippen LogP contribution in [0.15, 0.2) is 40.8 Å². The molecule has 3 aromatic rings. The molecule has 31 heavy (non-hydrogen) atoms. The molecule has 0 radical (unpaired) electrons. The number of anilines is 1. The summed E-state index contributed by atoms with van der Waals surface area (Å²) in [7, 11) is 3.10. The normalized spacial score (nSPS) is 10.5. The number of hydrogen-bond donors (Lipinski definition) is 1. The van der Waals surface area contributed by atoms with E-state index < -0.39 is 0 Å². The zero-order valence-electron chi connectivity index (χ0n) is 17.9. The first-order chi connectivity index (χ1) is 15.1. The van der Waals surface area contributed by atoms with Gasteiger partial charge in [0.2, 0.25) is 11.8 Å². The number of carbonyl (C=O) groups is 1. The van der Waals surface area contributed by atoms with E-state index in [1.165, 1.54) is 7.11 Å². The van der Waals surface area contributed by atoms with E-state index in [4.69, 9.17) is 23.4 Å². The number of aromatic nitrogens is 2. The van der Waals surface area contributed by atoms with Crippen LogP contribution in [0.4, 0.5) is 6.01 Å². The first-order valence-corrected chi connectivity index (χ1v) is 9.82. The smallest absolute Gasteiger partial charge is 0.322 e. The second-order valence-corrected chi connectivity index (χ2v) is 6.34. The Balaban J connectivity index is 1.71. The van der Waals surface area contributed by atoms with Gasteiger partial charge in [0.1, 0.15) is 11.5 Å². The van der Waals surface area contributed by atoms with Crippen LogP contribution in [-0.2, 0) is 11.2 Å². The molecule has 164 valence electrons. The number of ether oxygens (including phenoxy) is 4. The minimum Gasteiger partial charge on any atom is -0.497 e. The van der Waals surface area contributed by atoms with Gasteiger partial charge in [0.05, 0.1) is 33.9 Å². The van der Waals surface area contributed by atoms with E-state index >= 15 is 0 Å². The van der Waals surface area contributed by atoms with Gasteiger partial charge < -0.3 is 23.4 Å². The zero-order valence-corrected chi connectivity index (χ0v) is 17.9. The summed E-state index contributed by atoms with van der Waals surface area (Å²) in [6.45, 7) is 4.80. The van der Waals surface area contributed by atoms with Gasteiger partial charge in [0.15, 0.2) is 11.5 Å². The lowest BCUT2D eigenvalue weighted by Gasteiger charge is -2.11. The van der Waals surface area contributed by atoms with Crippen LogP contribution in [0, 0.1) is 0 Å². The highest BCUT2D eigenvalue weighted by atomic mass is 16.5. The summed E-state index contributed by atoms with van der Waals surface area (Å²) >= 11 is 0. The lowest BCUT2D eigenvalue weighted by molar-refractivity contribution is -0.115. The van der Waals surface area contributed by atoms with Crippen molar-refractivity contribution in [1.82, 2.24) is 10.2 Å². The molecule has 0 fully saturated rings. The number of methoxy groups -OCH3 is 2. The Bertz CT molecular complexity index is 1030. The molecule has 0 bridgehead atoms. The van der Waals surface area contributed by atoms with E-state index in [2.05, 4.69) is 15.5 Å². The van der Waals surface area contributed by atoms with Gasteiger partial charge in [-0.15, -0.1) is 5.10 Å². The lowest BCUT2D eigenvalue weighted by atomic mass is 10.1. The predicted molar refractivity (Wildman–Crippen MR) is 114 cm³/mol. The number of nitrogens with zero attached hydrogens (tertiary/aromatic N) is 2. The van der Waals surface area contributed by atoms with Crippen LogP contribution in [0.5, 0.6) is 23.0 Å². The van der Waals surface area contributed by atoms with Crippen molar-refractivity contribution in [2.24, 2.45) is 0 Å². The fourth-order valence-corrected chi connectivity index (χ4v) is 2.91. The Morgan fingerprint density at radius 1 is 0.935 bits per heavy atom. The maximum Gasteiger partial charge on any atom is 0.322 e. The average molecular weight is 427 g/mol. The summed E-state index contributed by atoms with van der Waals surface area (Å²) < 4.78 is 27.3. The van der Waals surface area contributed by atoms with Gasteiger partial charge in [-0.2, -0.15) is 0 Å². The number of hydrogen-bond acceptors (Lipinski definition) is 8. The van der Waals surface area contributed by atoms with E-state index in [-0.39, 0.29) is 24.2 Å². The van der Waals surface area contributed by atoms with Crippen LogP contribution in [-0.4, -0.2) is 43.5 Å². The minimum atomic E-state index is -0.319. The molecule has 9 nitrogen and oxygen atoms in total.